The molecule has 0 spiro atoms. The molecule has 22 heavy (non-hydrogen) atoms. The average molecular weight is 293 g/mol. The van der Waals surface area contributed by atoms with Crippen LogP contribution in [0, 0.1) is 0 Å². The highest BCUT2D eigenvalue weighted by molar-refractivity contribution is 5.93. The molecule has 2 heterocycles. The maximum Gasteiger partial charge on any atom is 0.167 e. The van der Waals surface area contributed by atoms with Gasteiger partial charge in [0.05, 0.1) is 6.54 Å². The normalized spacial score (nSPS) is 10.4. The maximum atomic E-state index is 11.2. The van der Waals surface area contributed by atoms with Gasteiger partial charge in [0, 0.05) is 23.4 Å². The molecule has 0 atom stereocenters. The van der Waals surface area contributed by atoms with Gasteiger partial charge in [-0.25, -0.2) is 4.98 Å². The second kappa shape index (κ2) is 6.22. The Morgan fingerprint density at radius 2 is 2.00 bits per heavy atom. The van der Waals surface area contributed by atoms with Crippen molar-refractivity contribution >= 4 is 11.6 Å². The highest BCUT2D eigenvalue weighted by Crippen LogP contribution is 2.20. The van der Waals surface area contributed by atoms with Crippen LogP contribution in [0.15, 0.2) is 59.3 Å². The lowest BCUT2D eigenvalue weighted by Crippen LogP contribution is -2.02. The van der Waals surface area contributed by atoms with E-state index in [9.17, 15) is 4.79 Å². The van der Waals surface area contributed by atoms with Crippen molar-refractivity contribution in [2.75, 3.05) is 5.32 Å². The molecule has 3 aromatic rings. The Bertz CT molecular complexity index is 764. The number of aromatic nitrogens is 2. The van der Waals surface area contributed by atoms with Crippen molar-refractivity contribution in [2.24, 2.45) is 0 Å². The van der Waals surface area contributed by atoms with Gasteiger partial charge in [-0.15, -0.1) is 0 Å². The summed E-state index contributed by atoms with van der Waals surface area (Å²) in [6, 6.07) is 15.2. The van der Waals surface area contributed by atoms with E-state index in [0.29, 0.717) is 17.9 Å². The molecule has 1 N–H and O–H groups in total. The molecule has 2 aromatic heterocycles. The molecule has 5 heteroatoms. The molecule has 0 aliphatic carbocycles. The van der Waals surface area contributed by atoms with Gasteiger partial charge in [0.2, 0.25) is 0 Å². The van der Waals surface area contributed by atoms with Gasteiger partial charge in [0.15, 0.2) is 11.5 Å². The summed E-state index contributed by atoms with van der Waals surface area (Å²) in [6.45, 7) is 2.02. The highest BCUT2D eigenvalue weighted by atomic mass is 16.5. The number of ketones is 1. The van der Waals surface area contributed by atoms with E-state index in [2.05, 4.69) is 15.5 Å². The molecule has 0 fully saturated rings. The first kappa shape index (κ1) is 14.0. The Hall–Kier alpha value is -2.95. The predicted molar refractivity (Wildman–Crippen MR) is 83.5 cm³/mol. The third-order valence-corrected chi connectivity index (χ3v) is 3.24. The molecule has 1 aromatic carbocycles. The van der Waals surface area contributed by atoms with Gasteiger partial charge in [-0.1, -0.05) is 35.5 Å². The van der Waals surface area contributed by atoms with E-state index in [1.807, 2.05) is 36.4 Å². The Balaban J connectivity index is 1.65. The molecule has 0 amide bonds. The lowest BCUT2D eigenvalue weighted by molar-refractivity contribution is 0.101. The number of nitrogens with zero attached hydrogens (tertiary/aromatic N) is 2. The summed E-state index contributed by atoms with van der Waals surface area (Å²) in [4.78, 5) is 15.4. The van der Waals surface area contributed by atoms with Crippen LogP contribution in [0.1, 0.15) is 23.0 Å². The van der Waals surface area contributed by atoms with Gasteiger partial charge >= 0.3 is 0 Å². The van der Waals surface area contributed by atoms with Crippen molar-refractivity contribution in [2.45, 2.75) is 13.5 Å². The van der Waals surface area contributed by atoms with E-state index in [4.69, 9.17) is 4.52 Å². The van der Waals surface area contributed by atoms with E-state index in [1.165, 1.54) is 6.92 Å². The van der Waals surface area contributed by atoms with Crippen LogP contribution in [-0.2, 0) is 6.54 Å². The fourth-order valence-corrected chi connectivity index (χ4v) is 2.02. The number of hydrogen-bond acceptors (Lipinski definition) is 5. The largest absolute Gasteiger partial charge is 0.364 e. The van der Waals surface area contributed by atoms with Crippen molar-refractivity contribution in [3.8, 4) is 11.3 Å². The lowest BCUT2D eigenvalue weighted by Gasteiger charge is -2.03. The lowest BCUT2D eigenvalue weighted by atomic mass is 10.1. The summed E-state index contributed by atoms with van der Waals surface area (Å²) in [5.41, 5.74) is 2.37. The van der Waals surface area contributed by atoms with Crippen molar-refractivity contribution in [1.82, 2.24) is 10.1 Å². The quantitative estimate of drug-likeness (QED) is 0.729. The minimum atomic E-state index is 0.00283. The summed E-state index contributed by atoms with van der Waals surface area (Å²) in [7, 11) is 0. The number of benzene rings is 1. The van der Waals surface area contributed by atoms with E-state index >= 15 is 0 Å². The SMILES string of the molecule is CC(=O)c1ccc(NCc2cc(-c3ccccc3)on2)nc1. The summed E-state index contributed by atoms with van der Waals surface area (Å²) >= 11 is 0. The van der Waals surface area contributed by atoms with Gasteiger partial charge in [0.1, 0.15) is 11.5 Å². The van der Waals surface area contributed by atoms with Crippen molar-refractivity contribution in [3.05, 3.63) is 66.0 Å². The molecule has 110 valence electrons. The Kier molecular flexibility index (Phi) is 3.96. The smallest absolute Gasteiger partial charge is 0.167 e. The molecule has 5 nitrogen and oxygen atoms in total. The van der Waals surface area contributed by atoms with Crippen LogP contribution in [0.25, 0.3) is 11.3 Å². The minimum Gasteiger partial charge on any atom is -0.364 e. The standard InChI is InChI=1S/C17H15N3O2/c1-12(21)14-7-8-17(18-10-14)19-11-15-9-16(22-20-15)13-5-3-2-4-6-13/h2-10H,11H2,1H3,(H,18,19). The zero-order valence-electron chi connectivity index (χ0n) is 12.1. The summed E-state index contributed by atoms with van der Waals surface area (Å²) in [5.74, 6) is 1.43. The van der Waals surface area contributed by atoms with Crippen molar-refractivity contribution < 1.29 is 9.32 Å². The molecule has 0 aliphatic rings. The van der Waals surface area contributed by atoms with Crippen LogP contribution in [0.3, 0.4) is 0 Å². The third kappa shape index (κ3) is 3.20. The average Bonchev–Trinajstić information content (AvgIpc) is 3.03. The number of anilines is 1. The predicted octanol–water partition coefficient (Wildman–Crippen LogP) is 3.55. The first-order valence-electron chi connectivity index (χ1n) is 6.94. The highest BCUT2D eigenvalue weighted by Gasteiger charge is 2.06. The molecule has 3 rings (SSSR count). The topological polar surface area (TPSA) is 68.0 Å². The fourth-order valence-electron chi connectivity index (χ4n) is 2.02. The van der Waals surface area contributed by atoms with Crippen LogP contribution in [-0.4, -0.2) is 15.9 Å². The van der Waals surface area contributed by atoms with Crippen molar-refractivity contribution in [1.29, 1.82) is 0 Å². The molecule has 0 aliphatic heterocycles. The van der Waals surface area contributed by atoms with Gasteiger partial charge in [0.25, 0.3) is 0 Å². The van der Waals surface area contributed by atoms with E-state index in [1.54, 1.807) is 18.3 Å². The van der Waals surface area contributed by atoms with Gasteiger partial charge in [-0.2, -0.15) is 0 Å². The Morgan fingerprint density at radius 3 is 2.68 bits per heavy atom. The number of carbonyl (C=O) groups is 1. The van der Waals surface area contributed by atoms with Crippen LogP contribution in [0.2, 0.25) is 0 Å². The Labute approximate surface area is 128 Å². The van der Waals surface area contributed by atoms with Gasteiger partial charge in [-0.05, 0) is 19.1 Å². The van der Waals surface area contributed by atoms with Gasteiger partial charge in [-0.3, -0.25) is 4.79 Å². The van der Waals surface area contributed by atoms with Crippen LogP contribution >= 0.6 is 0 Å². The molecule has 0 saturated carbocycles. The molecule has 0 bridgehead atoms. The zero-order valence-corrected chi connectivity index (χ0v) is 12.1. The fraction of sp³-hybridized carbons (Fsp3) is 0.118. The second-order valence-electron chi connectivity index (χ2n) is 4.89. The van der Waals surface area contributed by atoms with Gasteiger partial charge < -0.3 is 9.84 Å². The summed E-state index contributed by atoms with van der Waals surface area (Å²) in [6.07, 6.45) is 1.56. The maximum absolute atomic E-state index is 11.2. The second-order valence-corrected chi connectivity index (χ2v) is 4.89. The molecule has 0 unspecified atom stereocenters. The van der Waals surface area contributed by atoms with E-state index in [-0.39, 0.29) is 5.78 Å². The zero-order chi connectivity index (χ0) is 15.4. The Morgan fingerprint density at radius 1 is 1.18 bits per heavy atom. The molecule has 0 saturated heterocycles. The first-order chi connectivity index (χ1) is 10.7. The van der Waals surface area contributed by atoms with E-state index in [0.717, 1.165) is 17.0 Å². The first-order valence-corrected chi connectivity index (χ1v) is 6.94. The van der Waals surface area contributed by atoms with Crippen LogP contribution < -0.4 is 5.32 Å². The monoisotopic (exact) mass is 293 g/mol. The molecular weight excluding hydrogens is 278 g/mol. The van der Waals surface area contributed by atoms with Crippen LogP contribution in [0.5, 0.6) is 0 Å². The third-order valence-electron chi connectivity index (χ3n) is 3.24. The number of pyridine rings is 1. The number of rotatable bonds is 5. The number of carbonyl (C=O) groups excluding carboxylic acids is 1. The van der Waals surface area contributed by atoms with Crippen LogP contribution in [0.4, 0.5) is 5.82 Å². The molecule has 0 radical (unpaired) electrons. The van der Waals surface area contributed by atoms with E-state index < -0.39 is 0 Å². The molecular formula is C17H15N3O2. The summed E-state index contributed by atoms with van der Waals surface area (Å²) in [5, 5.41) is 7.18. The number of nitrogens with one attached hydrogen (secondary N) is 1. The summed E-state index contributed by atoms with van der Waals surface area (Å²) < 4.78 is 5.33. The number of Topliss-reactive ketones (excluding diaryl/α,β-unsaturated/α-hetero) is 1. The number of hydrogen-bond donors (Lipinski definition) is 1. The van der Waals surface area contributed by atoms with Crippen molar-refractivity contribution in [3.63, 3.8) is 0 Å². The minimum absolute atomic E-state index is 0.00283.